The molecule has 136 valence electrons. The Morgan fingerprint density at radius 2 is 2.04 bits per heavy atom. The molecule has 0 unspecified atom stereocenters. The molecule has 9 heteroatoms. The zero-order chi connectivity index (χ0) is 18.8. The average molecular weight is 380 g/mol. The van der Waals surface area contributed by atoms with Crippen LogP contribution < -0.4 is 15.4 Å². The number of carbonyl (C=O) groups excluding carboxylic acids is 1. The van der Waals surface area contributed by atoms with Gasteiger partial charge in [0.1, 0.15) is 17.3 Å². The van der Waals surface area contributed by atoms with E-state index in [2.05, 4.69) is 26.2 Å². The van der Waals surface area contributed by atoms with Gasteiger partial charge >= 0.3 is 0 Å². The largest absolute Gasteiger partial charge is 0.494 e. The number of nitrogens with one attached hydrogen (secondary N) is 2. The first-order valence-electron chi connectivity index (χ1n) is 8.13. The van der Waals surface area contributed by atoms with Gasteiger partial charge in [-0.2, -0.15) is 4.68 Å². The lowest BCUT2D eigenvalue weighted by atomic mass is 10.1. The second-order valence-corrected chi connectivity index (χ2v) is 6.66. The van der Waals surface area contributed by atoms with Crippen molar-refractivity contribution in [3.8, 4) is 11.4 Å². The molecule has 0 saturated heterocycles. The number of aryl methyl sites for hydroxylation is 1. The van der Waals surface area contributed by atoms with Gasteiger partial charge in [-0.1, -0.05) is 30.0 Å². The van der Waals surface area contributed by atoms with E-state index in [1.807, 2.05) is 43.3 Å². The molecule has 1 aliphatic heterocycles. The van der Waals surface area contributed by atoms with Crippen molar-refractivity contribution in [2.75, 3.05) is 12.4 Å². The maximum atomic E-state index is 12.2. The lowest BCUT2D eigenvalue weighted by molar-refractivity contribution is 0.0964. The zero-order valence-corrected chi connectivity index (χ0v) is 15.4. The topological polar surface area (TPSA) is 94.0 Å². The first-order chi connectivity index (χ1) is 13.2. The SMILES string of the molecule is COc1ccc(C)cc1-n1nnnc1S/C=C1\NC(=O)c2ccccc2N1. The summed E-state index contributed by atoms with van der Waals surface area (Å²) in [6.07, 6.45) is 0. The number of benzene rings is 2. The predicted octanol–water partition coefficient (Wildman–Crippen LogP) is 2.73. The van der Waals surface area contributed by atoms with E-state index in [9.17, 15) is 4.79 Å². The molecular weight excluding hydrogens is 364 g/mol. The summed E-state index contributed by atoms with van der Waals surface area (Å²) in [5.41, 5.74) is 3.17. The number of rotatable bonds is 4. The molecule has 1 aromatic heterocycles. The predicted molar refractivity (Wildman–Crippen MR) is 102 cm³/mol. The van der Waals surface area contributed by atoms with Gasteiger partial charge in [0.25, 0.3) is 5.91 Å². The number of para-hydroxylation sites is 1. The van der Waals surface area contributed by atoms with Gasteiger partial charge in [0.15, 0.2) is 0 Å². The highest BCUT2D eigenvalue weighted by atomic mass is 32.2. The summed E-state index contributed by atoms with van der Waals surface area (Å²) < 4.78 is 7.02. The van der Waals surface area contributed by atoms with Gasteiger partial charge in [-0.15, -0.1) is 5.10 Å². The fraction of sp³-hybridized carbons (Fsp3) is 0.111. The molecule has 0 aliphatic carbocycles. The third kappa shape index (κ3) is 3.36. The van der Waals surface area contributed by atoms with Gasteiger partial charge in [-0.05, 0) is 47.2 Å². The highest BCUT2D eigenvalue weighted by molar-refractivity contribution is 8.02. The second-order valence-electron chi connectivity index (χ2n) is 5.82. The highest BCUT2D eigenvalue weighted by Crippen LogP contribution is 2.28. The Morgan fingerprint density at radius 1 is 1.19 bits per heavy atom. The first kappa shape index (κ1) is 17.1. The normalized spacial score (nSPS) is 14.4. The van der Waals surface area contributed by atoms with Crippen LogP contribution in [0.1, 0.15) is 15.9 Å². The number of tetrazole rings is 1. The van der Waals surface area contributed by atoms with E-state index in [0.717, 1.165) is 16.9 Å². The Balaban J connectivity index is 1.61. The van der Waals surface area contributed by atoms with Crippen molar-refractivity contribution in [2.45, 2.75) is 12.1 Å². The molecule has 27 heavy (non-hydrogen) atoms. The Kier molecular flexibility index (Phi) is 4.51. The Hall–Kier alpha value is -3.33. The van der Waals surface area contributed by atoms with E-state index in [1.54, 1.807) is 23.3 Å². The maximum Gasteiger partial charge on any atom is 0.258 e. The number of aromatic nitrogens is 4. The smallest absolute Gasteiger partial charge is 0.258 e. The number of carbonyl (C=O) groups is 1. The molecule has 0 bridgehead atoms. The van der Waals surface area contributed by atoms with Crippen LogP contribution in [0.2, 0.25) is 0 Å². The Bertz CT molecular complexity index is 1050. The van der Waals surface area contributed by atoms with Gasteiger partial charge < -0.3 is 15.4 Å². The molecule has 2 N–H and O–H groups in total. The fourth-order valence-electron chi connectivity index (χ4n) is 2.70. The Morgan fingerprint density at radius 3 is 2.89 bits per heavy atom. The van der Waals surface area contributed by atoms with Crippen molar-refractivity contribution in [1.29, 1.82) is 0 Å². The summed E-state index contributed by atoms with van der Waals surface area (Å²) in [6.45, 7) is 1.99. The molecule has 1 aliphatic rings. The molecule has 4 rings (SSSR count). The lowest BCUT2D eigenvalue weighted by Gasteiger charge is -2.20. The third-order valence-electron chi connectivity index (χ3n) is 3.97. The standard InChI is InChI=1S/C18H16N6O2S/c1-11-7-8-15(26-2)14(9-11)24-18(21-22-23-24)27-10-16-19-13-6-4-3-5-12(13)17(25)20-16/h3-10,19H,1-2H3,(H,20,25)/b16-10-. The monoisotopic (exact) mass is 380 g/mol. The average Bonchev–Trinajstić information content (AvgIpc) is 3.15. The minimum atomic E-state index is -0.156. The number of fused-ring (bicyclic) bond motifs is 1. The molecule has 3 aromatic rings. The van der Waals surface area contributed by atoms with E-state index < -0.39 is 0 Å². The summed E-state index contributed by atoms with van der Waals surface area (Å²) in [6, 6.07) is 13.1. The minimum Gasteiger partial charge on any atom is -0.494 e. The van der Waals surface area contributed by atoms with E-state index in [1.165, 1.54) is 11.8 Å². The number of ether oxygens (including phenoxy) is 1. The van der Waals surface area contributed by atoms with Gasteiger partial charge in [0.05, 0.1) is 18.4 Å². The van der Waals surface area contributed by atoms with Crippen LogP contribution in [0.15, 0.2) is 58.9 Å². The van der Waals surface area contributed by atoms with Gasteiger partial charge in [-0.25, -0.2) is 0 Å². The number of methoxy groups -OCH3 is 1. The minimum absolute atomic E-state index is 0.156. The van der Waals surface area contributed by atoms with E-state index >= 15 is 0 Å². The van der Waals surface area contributed by atoms with Crippen LogP contribution >= 0.6 is 11.8 Å². The molecule has 1 amide bonds. The van der Waals surface area contributed by atoms with Crippen molar-refractivity contribution in [3.63, 3.8) is 0 Å². The molecule has 2 heterocycles. The molecular formula is C18H16N6O2S. The summed E-state index contributed by atoms with van der Waals surface area (Å²) in [5.74, 6) is 1.08. The number of hydrogen-bond donors (Lipinski definition) is 2. The van der Waals surface area contributed by atoms with Crippen LogP contribution in [0.25, 0.3) is 5.69 Å². The van der Waals surface area contributed by atoms with Crippen LogP contribution in [-0.4, -0.2) is 33.2 Å². The molecule has 8 nitrogen and oxygen atoms in total. The van der Waals surface area contributed by atoms with Gasteiger partial charge in [0, 0.05) is 5.41 Å². The van der Waals surface area contributed by atoms with Crippen molar-refractivity contribution in [1.82, 2.24) is 25.5 Å². The van der Waals surface area contributed by atoms with E-state index in [-0.39, 0.29) is 5.91 Å². The number of nitrogens with zero attached hydrogens (tertiary/aromatic N) is 4. The summed E-state index contributed by atoms with van der Waals surface area (Å²) in [5, 5.41) is 20.2. The molecule has 0 radical (unpaired) electrons. The Labute approximate surface area is 159 Å². The lowest BCUT2D eigenvalue weighted by Crippen LogP contribution is -2.32. The molecule has 0 spiro atoms. The van der Waals surface area contributed by atoms with Crippen LogP contribution in [-0.2, 0) is 0 Å². The molecule has 0 saturated carbocycles. The number of anilines is 1. The fourth-order valence-corrected chi connectivity index (χ4v) is 3.36. The van der Waals surface area contributed by atoms with Gasteiger partial charge in [0.2, 0.25) is 5.16 Å². The van der Waals surface area contributed by atoms with Crippen molar-refractivity contribution in [3.05, 3.63) is 64.8 Å². The van der Waals surface area contributed by atoms with Crippen LogP contribution in [0, 0.1) is 6.92 Å². The first-order valence-corrected chi connectivity index (χ1v) is 9.01. The molecule has 0 atom stereocenters. The third-order valence-corrected chi connectivity index (χ3v) is 4.79. The number of thioether (sulfide) groups is 1. The van der Waals surface area contributed by atoms with Crippen molar-refractivity contribution >= 4 is 23.4 Å². The molecule has 2 aromatic carbocycles. The second kappa shape index (κ2) is 7.12. The van der Waals surface area contributed by atoms with Gasteiger partial charge in [-0.3, -0.25) is 4.79 Å². The highest BCUT2D eigenvalue weighted by Gasteiger charge is 2.19. The molecule has 0 fully saturated rings. The summed E-state index contributed by atoms with van der Waals surface area (Å²) >= 11 is 1.29. The summed E-state index contributed by atoms with van der Waals surface area (Å²) in [4.78, 5) is 12.2. The number of hydrogen-bond acceptors (Lipinski definition) is 7. The quantitative estimate of drug-likeness (QED) is 0.672. The number of amides is 1. The van der Waals surface area contributed by atoms with Crippen molar-refractivity contribution in [2.24, 2.45) is 0 Å². The van der Waals surface area contributed by atoms with E-state index in [0.29, 0.717) is 22.3 Å². The van der Waals surface area contributed by atoms with Crippen LogP contribution in [0.3, 0.4) is 0 Å². The van der Waals surface area contributed by atoms with E-state index in [4.69, 9.17) is 4.74 Å². The van der Waals surface area contributed by atoms with Crippen LogP contribution in [0.5, 0.6) is 5.75 Å². The maximum absolute atomic E-state index is 12.2. The van der Waals surface area contributed by atoms with Crippen molar-refractivity contribution < 1.29 is 9.53 Å². The zero-order valence-electron chi connectivity index (χ0n) is 14.6. The van der Waals surface area contributed by atoms with Crippen LogP contribution in [0.4, 0.5) is 5.69 Å². The summed E-state index contributed by atoms with van der Waals surface area (Å²) in [7, 11) is 1.60.